The van der Waals surface area contributed by atoms with Crippen LogP contribution < -0.4 is 9.46 Å². The van der Waals surface area contributed by atoms with Crippen molar-refractivity contribution in [3.05, 3.63) is 41.7 Å². The number of hydrogen-bond acceptors (Lipinski definition) is 5. The standard InChI is InChI=1S/C13H15N3O3S/c1-9-4-5-12(10(2)6-9)20(17,18)16-11-7-14-13(19-3)15-8-11/h4-8,16H,1-3H3. The topological polar surface area (TPSA) is 81.2 Å². The van der Waals surface area contributed by atoms with E-state index >= 15 is 0 Å². The molecule has 1 aromatic carbocycles. The maximum absolute atomic E-state index is 12.3. The molecule has 0 aliphatic carbocycles. The predicted molar refractivity (Wildman–Crippen MR) is 75.3 cm³/mol. The first-order valence-corrected chi connectivity index (χ1v) is 7.37. The van der Waals surface area contributed by atoms with E-state index in [1.54, 1.807) is 19.1 Å². The molecule has 0 saturated heterocycles. The first kappa shape index (κ1) is 14.3. The lowest BCUT2D eigenvalue weighted by Crippen LogP contribution is -2.14. The summed E-state index contributed by atoms with van der Waals surface area (Å²) in [6.45, 7) is 3.67. The van der Waals surface area contributed by atoms with Crippen LogP contribution in [0, 0.1) is 13.8 Å². The highest BCUT2D eigenvalue weighted by molar-refractivity contribution is 7.92. The third-order valence-electron chi connectivity index (χ3n) is 2.68. The molecular weight excluding hydrogens is 278 g/mol. The van der Waals surface area contributed by atoms with Gasteiger partial charge < -0.3 is 4.74 Å². The van der Waals surface area contributed by atoms with Gasteiger partial charge in [0.1, 0.15) is 0 Å². The van der Waals surface area contributed by atoms with Crippen LogP contribution in [0.25, 0.3) is 0 Å². The fraction of sp³-hybridized carbons (Fsp3) is 0.231. The van der Waals surface area contributed by atoms with Gasteiger partial charge in [-0.1, -0.05) is 17.7 Å². The number of anilines is 1. The zero-order valence-electron chi connectivity index (χ0n) is 11.4. The number of aromatic nitrogens is 2. The molecule has 0 unspecified atom stereocenters. The largest absolute Gasteiger partial charge is 0.467 e. The van der Waals surface area contributed by atoms with Crippen molar-refractivity contribution in [1.29, 1.82) is 0 Å². The van der Waals surface area contributed by atoms with Crippen molar-refractivity contribution in [1.82, 2.24) is 9.97 Å². The zero-order valence-corrected chi connectivity index (χ0v) is 12.2. The van der Waals surface area contributed by atoms with E-state index in [1.165, 1.54) is 19.5 Å². The van der Waals surface area contributed by atoms with E-state index in [-0.39, 0.29) is 16.6 Å². The quantitative estimate of drug-likeness (QED) is 0.931. The summed E-state index contributed by atoms with van der Waals surface area (Å²) in [4.78, 5) is 7.94. The van der Waals surface area contributed by atoms with E-state index in [0.717, 1.165) is 5.56 Å². The second kappa shape index (κ2) is 5.46. The number of nitrogens with zero attached hydrogens (tertiary/aromatic N) is 2. The maximum Gasteiger partial charge on any atom is 0.316 e. The van der Waals surface area contributed by atoms with E-state index in [2.05, 4.69) is 14.7 Å². The Morgan fingerprint density at radius 1 is 1.15 bits per heavy atom. The molecule has 0 aliphatic rings. The Kier molecular flexibility index (Phi) is 3.89. The molecule has 0 spiro atoms. The Morgan fingerprint density at radius 2 is 1.80 bits per heavy atom. The summed E-state index contributed by atoms with van der Waals surface area (Å²) >= 11 is 0. The van der Waals surface area contributed by atoms with Crippen LogP contribution in [0.1, 0.15) is 11.1 Å². The third-order valence-corrected chi connectivity index (χ3v) is 4.22. The van der Waals surface area contributed by atoms with E-state index in [0.29, 0.717) is 5.56 Å². The summed E-state index contributed by atoms with van der Waals surface area (Å²) in [5.41, 5.74) is 1.98. The number of sulfonamides is 1. The zero-order chi connectivity index (χ0) is 14.8. The van der Waals surface area contributed by atoms with Crippen molar-refractivity contribution in [3.63, 3.8) is 0 Å². The second-order valence-electron chi connectivity index (χ2n) is 4.33. The van der Waals surface area contributed by atoms with Gasteiger partial charge in [0.25, 0.3) is 10.0 Å². The smallest absolute Gasteiger partial charge is 0.316 e. The lowest BCUT2D eigenvalue weighted by molar-refractivity contribution is 0.380. The first-order valence-electron chi connectivity index (χ1n) is 5.88. The highest BCUT2D eigenvalue weighted by Gasteiger charge is 2.17. The molecule has 2 aromatic rings. The number of aryl methyl sites for hydroxylation is 2. The number of methoxy groups -OCH3 is 1. The fourth-order valence-electron chi connectivity index (χ4n) is 1.79. The monoisotopic (exact) mass is 293 g/mol. The first-order chi connectivity index (χ1) is 9.42. The van der Waals surface area contributed by atoms with Crippen LogP contribution in [0.4, 0.5) is 5.69 Å². The van der Waals surface area contributed by atoms with Crippen LogP contribution in [-0.2, 0) is 10.0 Å². The molecule has 1 N–H and O–H groups in total. The molecule has 20 heavy (non-hydrogen) atoms. The third kappa shape index (κ3) is 3.05. The minimum atomic E-state index is -3.65. The number of ether oxygens (including phenoxy) is 1. The lowest BCUT2D eigenvalue weighted by Gasteiger charge is -2.10. The van der Waals surface area contributed by atoms with Crippen molar-refractivity contribution in [2.75, 3.05) is 11.8 Å². The van der Waals surface area contributed by atoms with Gasteiger partial charge in [-0.3, -0.25) is 4.72 Å². The van der Waals surface area contributed by atoms with Gasteiger partial charge in [0.2, 0.25) is 0 Å². The average molecular weight is 293 g/mol. The summed E-state index contributed by atoms with van der Waals surface area (Å²) < 4.78 is 31.8. The molecule has 7 heteroatoms. The van der Waals surface area contributed by atoms with Gasteiger partial charge in [0.05, 0.1) is 30.1 Å². The minimum Gasteiger partial charge on any atom is -0.467 e. The Morgan fingerprint density at radius 3 is 2.35 bits per heavy atom. The van der Waals surface area contributed by atoms with Gasteiger partial charge in [-0.15, -0.1) is 0 Å². The molecule has 0 fully saturated rings. The minimum absolute atomic E-state index is 0.180. The van der Waals surface area contributed by atoms with E-state index < -0.39 is 10.0 Å². The number of hydrogen-bond donors (Lipinski definition) is 1. The molecule has 2 rings (SSSR count). The van der Waals surface area contributed by atoms with Gasteiger partial charge >= 0.3 is 6.01 Å². The number of rotatable bonds is 4. The predicted octanol–water partition coefficient (Wildman–Crippen LogP) is 1.90. The molecule has 0 amide bonds. The van der Waals surface area contributed by atoms with Crippen LogP contribution in [0.2, 0.25) is 0 Å². The SMILES string of the molecule is COc1ncc(NS(=O)(=O)c2ccc(C)cc2C)cn1. The molecule has 1 heterocycles. The molecule has 1 aromatic heterocycles. The van der Waals surface area contributed by atoms with Crippen LogP contribution in [0.3, 0.4) is 0 Å². The van der Waals surface area contributed by atoms with E-state index in [9.17, 15) is 8.42 Å². The highest BCUT2D eigenvalue weighted by atomic mass is 32.2. The second-order valence-corrected chi connectivity index (χ2v) is 5.98. The molecule has 6 nitrogen and oxygen atoms in total. The Labute approximate surface area is 117 Å². The van der Waals surface area contributed by atoms with Crippen LogP contribution in [-0.4, -0.2) is 25.5 Å². The molecule has 0 bridgehead atoms. The molecule has 0 aliphatic heterocycles. The van der Waals surface area contributed by atoms with Crippen LogP contribution in [0.15, 0.2) is 35.5 Å². The maximum atomic E-state index is 12.3. The van der Waals surface area contributed by atoms with Crippen molar-refractivity contribution in [2.45, 2.75) is 18.7 Å². The Balaban J connectivity index is 2.30. The van der Waals surface area contributed by atoms with Crippen molar-refractivity contribution in [3.8, 4) is 6.01 Å². The van der Waals surface area contributed by atoms with Gasteiger partial charge in [-0.2, -0.15) is 0 Å². The van der Waals surface area contributed by atoms with Crippen molar-refractivity contribution >= 4 is 15.7 Å². The van der Waals surface area contributed by atoms with E-state index in [1.807, 2.05) is 13.0 Å². The number of benzene rings is 1. The Bertz CT molecular complexity index is 712. The normalized spacial score (nSPS) is 11.2. The molecule has 0 atom stereocenters. The van der Waals surface area contributed by atoms with Crippen LogP contribution >= 0.6 is 0 Å². The average Bonchev–Trinajstić information content (AvgIpc) is 2.38. The van der Waals surface area contributed by atoms with Gasteiger partial charge in [-0.05, 0) is 25.5 Å². The van der Waals surface area contributed by atoms with Gasteiger partial charge in [-0.25, -0.2) is 18.4 Å². The summed E-state index contributed by atoms with van der Waals surface area (Å²) in [5, 5.41) is 0. The lowest BCUT2D eigenvalue weighted by atomic mass is 10.2. The van der Waals surface area contributed by atoms with Crippen molar-refractivity contribution in [2.24, 2.45) is 0 Å². The van der Waals surface area contributed by atoms with Crippen LogP contribution in [0.5, 0.6) is 6.01 Å². The summed E-state index contributed by atoms with van der Waals surface area (Å²) in [6.07, 6.45) is 2.71. The molecule has 0 radical (unpaired) electrons. The fourth-order valence-corrected chi connectivity index (χ4v) is 3.04. The summed E-state index contributed by atoms with van der Waals surface area (Å²) in [6, 6.07) is 5.34. The van der Waals surface area contributed by atoms with E-state index in [4.69, 9.17) is 4.74 Å². The molecule has 106 valence electrons. The molecular formula is C13H15N3O3S. The Hall–Kier alpha value is -2.15. The molecule has 0 saturated carbocycles. The number of nitrogens with one attached hydrogen (secondary N) is 1. The van der Waals surface area contributed by atoms with Gasteiger partial charge in [0.15, 0.2) is 0 Å². The summed E-state index contributed by atoms with van der Waals surface area (Å²) in [7, 11) is -2.21. The highest BCUT2D eigenvalue weighted by Crippen LogP contribution is 2.20. The van der Waals surface area contributed by atoms with Gasteiger partial charge in [0, 0.05) is 0 Å². The summed E-state index contributed by atoms with van der Waals surface area (Å²) in [5.74, 6) is 0. The van der Waals surface area contributed by atoms with Crippen molar-refractivity contribution < 1.29 is 13.2 Å².